The molecule has 0 bridgehead atoms. The van der Waals surface area contributed by atoms with Crippen molar-refractivity contribution in [3.63, 3.8) is 0 Å². The predicted molar refractivity (Wildman–Crippen MR) is 95.3 cm³/mol. The number of benzene rings is 1. The average Bonchev–Trinajstić information content (AvgIpc) is 2.58. The fraction of sp³-hybridized carbons (Fsp3) is 0.579. The Morgan fingerprint density at radius 3 is 2.40 bits per heavy atom. The second-order valence-electron chi connectivity index (χ2n) is 7.45. The van der Waals surface area contributed by atoms with Gasteiger partial charge in [0.1, 0.15) is 5.60 Å². The Bertz CT molecular complexity index is 575. The number of nitrogens with zero attached hydrogens (tertiary/aromatic N) is 1. The lowest BCUT2D eigenvalue weighted by molar-refractivity contribution is 0.00824. The Morgan fingerprint density at radius 1 is 1.24 bits per heavy atom. The summed E-state index contributed by atoms with van der Waals surface area (Å²) in [5, 5.41) is 13.1. The van der Waals surface area contributed by atoms with Crippen LogP contribution in [-0.4, -0.2) is 53.3 Å². The molecule has 0 saturated carbocycles. The molecular formula is C19H28N2O4. The molecule has 2 amide bonds. The third-order valence-corrected chi connectivity index (χ3v) is 4.24. The van der Waals surface area contributed by atoms with Crippen molar-refractivity contribution >= 4 is 12.0 Å². The number of amides is 2. The second kappa shape index (κ2) is 8.34. The molecule has 1 fully saturated rings. The minimum atomic E-state index is -0.617. The van der Waals surface area contributed by atoms with Crippen LogP contribution in [0.15, 0.2) is 30.3 Å². The summed E-state index contributed by atoms with van der Waals surface area (Å²) in [5.41, 5.74) is 0.0734. The maximum Gasteiger partial charge on any atom is 0.410 e. The molecule has 1 aromatic rings. The van der Waals surface area contributed by atoms with Crippen LogP contribution in [-0.2, 0) is 4.74 Å². The Kier molecular flexibility index (Phi) is 6.42. The smallest absolute Gasteiger partial charge is 0.410 e. The number of nitrogens with one attached hydrogen (secondary N) is 1. The molecule has 1 aliphatic heterocycles. The summed E-state index contributed by atoms with van der Waals surface area (Å²) in [5.74, 6) is -0.124. The van der Waals surface area contributed by atoms with E-state index in [4.69, 9.17) is 4.74 Å². The maximum atomic E-state index is 12.0. The van der Waals surface area contributed by atoms with Gasteiger partial charge in [0.05, 0.1) is 6.10 Å². The van der Waals surface area contributed by atoms with E-state index in [1.54, 1.807) is 29.2 Å². The lowest BCUT2D eigenvalue weighted by Gasteiger charge is -2.35. The van der Waals surface area contributed by atoms with Gasteiger partial charge in [-0.2, -0.15) is 0 Å². The Labute approximate surface area is 149 Å². The number of carbonyl (C=O) groups excluding carboxylic acids is 2. The van der Waals surface area contributed by atoms with E-state index in [2.05, 4.69) is 5.32 Å². The Hall–Kier alpha value is -2.08. The van der Waals surface area contributed by atoms with Gasteiger partial charge in [0.15, 0.2) is 0 Å². The second-order valence-corrected chi connectivity index (χ2v) is 7.45. The van der Waals surface area contributed by atoms with E-state index in [0.717, 1.165) is 0 Å². The SMILES string of the molecule is CC(C)(C)OC(=O)N1CCC(C(O)CNC(=O)c2ccccc2)CC1. The average molecular weight is 348 g/mol. The van der Waals surface area contributed by atoms with Crippen LogP contribution in [0.5, 0.6) is 0 Å². The first-order chi connectivity index (χ1) is 11.8. The third-order valence-electron chi connectivity index (χ3n) is 4.24. The highest BCUT2D eigenvalue weighted by molar-refractivity contribution is 5.94. The molecular weight excluding hydrogens is 320 g/mol. The zero-order valence-corrected chi connectivity index (χ0v) is 15.2. The molecule has 1 aliphatic rings. The van der Waals surface area contributed by atoms with Crippen molar-refractivity contribution in [3.05, 3.63) is 35.9 Å². The molecule has 1 aromatic carbocycles. The van der Waals surface area contributed by atoms with Gasteiger partial charge < -0.3 is 20.1 Å². The van der Waals surface area contributed by atoms with Crippen LogP contribution in [0.1, 0.15) is 44.0 Å². The van der Waals surface area contributed by atoms with Crippen LogP contribution in [0.25, 0.3) is 0 Å². The predicted octanol–water partition coefficient (Wildman–Crippen LogP) is 2.42. The quantitative estimate of drug-likeness (QED) is 0.876. The fourth-order valence-corrected chi connectivity index (χ4v) is 2.85. The molecule has 1 heterocycles. The molecule has 0 aromatic heterocycles. The van der Waals surface area contributed by atoms with Gasteiger partial charge in [-0.25, -0.2) is 4.79 Å². The summed E-state index contributed by atoms with van der Waals surface area (Å²) in [6.45, 7) is 6.86. The zero-order valence-electron chi connectivity index (χ0n) is 15.2. The first-order valence-electron chi connectivity index (χ1n) is 8.75. The molecule has 0 spiro atoms. The molecule has 6 nitrogen and oxygen atoms in total. The molecule has 1 saturated heterocycles. The van der Waals surface area contributed by atoms with Crippen LogP contribution in [0.3, 0.4) is 0 Å². The number of aliphatic hydroxyl groups is 1. The molecule has 1 atom stereocenters. The van der Waals surface area contributed by atoms with E-state index >= 15 is 0 Å². The molecule has 2 N–H and O–H groups in total. The van der Waals surface area contributed by atoms with E-state index in [0.29, 0.717) is 31.5 Å². The molecule has 25 heavy (non-hydrogen) atoms. The molecule has 1 unspecified atom stereocenters. The summed E-state index contributed by atoms with van der Waals surface area (Å²) in [7, 11) is 0. The van der Waals surface area contributed by atoms with Gasteiger partial charge in [-0.05, 0) is 51.7 Å². The van der Waals surface area contributed by atoms with Crippen molar-refractivity contribution in [2.24, 2.45) is 5.92 Å². The van der Waals surface area contributed by atoms with Crippen molar-refractivity contribution in [2.75, 3.05) is 19.6 Å². The number of ether oxygens (including phenoxy) is 1. The number of piperidine rings is 1. The van der Waals surface area contributed by atoms with E-state index in [1.807, 2.05) is 26.8 Å². The zero-order chi connectivity index (χ0) is 18.4. The van der Waals surface area contributed by atoms with Gasteiger partial charge in [0, 0.05) is 25.2 Å². The van der Waals surface area contributed by atoms with Crippen molar-refractivity contribution in [3.8, 4) is 0 Å². The first-order valence-corrected chi connectivity index (χ1v) is 8.75. The standard InChI is InChI=1S/C19H28N2O4/c1-19(2,3)25-18(24)21-11-9-14(10-12-21)16(22)13-20-17(23)15-7-5-4-6-8-15/h4-8,14,16,22H,9-13H2,1-3H3,(H,20,23). The molecule has 138 valence electrons. The maximum absolute atomic E-state index is 12.0. The van der Waals surface area contributed by atoms with Gasteiger partial charge in [-0.1, -0.05) is 18.2 Å². The summed E-state index contributed by atoms with van der Waals surface area (Å²) < 4.78 is 5.37. The minimum Gasteiger partial charge on any atom is -0.444 e. The van der Waals surface area contributed by atoms with Crippen molar-refractivity contribution in [1.82, 2.24) is 10.2 Å². The highest BCUT2D eigenvalue weighted by Crippen LogP contribution is 2.22. The van der Waals surface area contributed by atoms with Gasteiger partial charge in [0.25, 0.3) is 5.91 Å². The van der Waals surface area contributed by atoms with E-state index in [-0.39, 0.29) is 24.5 Å². The summed E-state index contributed by atoms with van der Waals surface area (Å²) in [6, 6.07) is 8.93. The summed E-state index contributed by atoms with van der Waals surface area (Å²) in [6.07, 6.45) is 0.467. The Balaban J connectivity index is 1.75. The van der Waals surface area contributed by atoms with Gasteiger partial charge in [0.2, 0.25) is 0 Å². The number of hydrogen-bond acceptors (Lipinski definition) is 4. The van der Waals surface area contributed by atoms with Crippen LogP contribution >= 0.6 is 0 Å². The highest BCUT2D eigenvalue weighted by Gasteiger charge is 2.30. The molecule has 0 radical (unpaired) electrons. The van der Waals surface area contributed by atoms with E-state index in [1.165, 1.54) is 0 Å². The number of aliphatic hydroxyl groups excluding tert-OH is 1. The van der Waals surface area contributed by atoms with Crippen molar-refractivity contribution in [1.29, 1.82) is 0 Å². The van der Waals surface area contributed by atoms with Gasteiger partial charge in [-0.15, -0.1) is 0 Å². The number of likely N-dealkylation sites (tertiary alicyclic amines) is 1. The van der Waals surface area contributed by atoms with E-state index < -0.39 is 11.7 Å². The number of rotatable bonds is 4. The summed E-state index contributed by atoms with van der Waals surface area (Å²) in [4.78, 5) is 25.7. The normalized spacial score (nSPS) is 17.0. The van der Waals surface area contributed by atoms with Crippen LogP contribution in [0.4, 0.5) is 4.79 Å². The minimum absolute atomic E-state index is 0.0646. The fourth-order valence-electron chi connectivity index (χ4n) is 2.85. The van der Waals surface area contributed by atoms with Crippen LogP contribution < -0.4 is 5.32 Å². The Morgan fingerprint density at radius 2 is 1.84 bits per heavy atom. The lowest BCUT2D eigenvalue weighted by atomic mass is 9.91. The van der Waals surface area contributed by atoms with Crippen LogP contribution in [0, 0.1) is 5.92 Å². The number of hydrogen-bond donors (Lipinski definition) is 2. The topological polar surface area (TPSA) is 78.9 Å². The van der Waals surface area contributed by atoms with Gasteiger partial charge in [-0.3, -0.25) is 4.79 Å². The third kappa shape index (κ3) is 6.05. The first kappa shape index (κ1) is 19.2. The molecule has 0 aliphatic carbocycles. The van der Waals surface area contributed by atoms with E-state index in [9.17, 15) is 14.7 Å². The number of carbonyl (C=O) groups is 2. The highest BCUT2D eigenvalue weighted by atomic mass is 16.6. The van der Waals surface area contributed by atoms with Crippen LogP contribution in [0.2, 0.25) is 0 Å². The summed E-state index contributed by atoms with van der Waals surface area (Å²) >= 11 is 0. The van der Waals surface area contributed by atoms with Crippen molar-refractivity contribution < 1.29 is 19.4 Å². The molecule has 6 heteroatoms. The lowest BCUT2D eigenvalue weighted by Crippen LogP contribution is -2.45. The largest absolute Gasteiger partial charge is 0.444 e. The van der Waals surface area contributed by atoms with Crippen molar-refractivity contribution in [2.45, 2.75) is 45.3 Å². The van der Waals surface area contributed by atoms with Gasteiger partial charge >= 0.3 is 6.09 Å². The monoisotopic (exact) mass is 348 g/mol. The molecule has 2 rings (SSSR count).